The van der Waals surface area contributed by atoms with Gasteiger partial charge in [0.2, 0.25) is 0 Å². The number of rotatable bonds is 5. The number of alkyl carbamates (subject to hydrolysis) is 1. The highest BCUT2D eigenvalue weighted by Crippen LogP contribution is 2.50. The van der Waals surface area contributed by atoms with E-state index in [-0.39, 0.29) is 6.10 Å². The molecule has 1 aliphatic heterocycles. The summed E-state index contributed by atoms with van der Waals surface area (Å²) in [6, 6.07) is 10.8. The number of nitrogens with one attached hydrogen (secondary N) is 1. The number of hydrogen-bond acceptors (Lipinski definition) is 5. The maximum absolute atomic E-state index is 12.2. The zero-order valence-corrected chi connectivity index (χ0v) is 16.4. The largest absolute Gasteiger partial charge is 0.493 e. The lowest BCUT2D eigenvalue weighted by Gasteiger charge is -2.31. The minimum Gasteiger partial charge on any atom is -0.493 e. The first kappa shape index (κ1) is 19.3. The predicted octanol–water partition coefficient (Wildman–Crippen LogP) is 4.40. The van der Waals surface area contributed by atoms with Gasteiger partial charge in [-0.3, -0.25) is 5.32 Å². The molecule has 0 radical (unpaired) electrons. The molecule has 0 fully saturated rings. The highest BCUT2D eigenvalue weighted by atomic mass is 35.5. The fourth-order valence-corrected chi connectivity index (χ4v) is 3.51. The van der Waals surface area contributed by atoms with Crippen LogP contribution in [-0.4, -0.2) is 27.4 Å². The van der Waals surface area contributed by atoms with Crippen LogP contribution in [-0.2, 0) is 15.2 Å². The Kier molecular flexibility index (Phi) is 5.48. The lowest BCUT2D eigenvalue weighted by molar-refractivity contribution is -0.0685. The van der Waals surface area contributed by atoms with E-state index in [2.05, 4.69) is 5.32 Å². The summed E-state index contributed by atoms with van der Waals surface area (Å²) in [5.74, 6) is 1.14. The van der Waals surface area contributed by atoms with Crippen molar-refractivity contribution < 1.29 is 23.7 Å². The van der Waals surface area contributed by atoms with Crippen molar-refractivity contribution in [3.05, 3.63) is 58.1 Å². The summed E-state index contributed by atoms with van der Waals surface area (Å²) in [6.45, 7) is 2.02. The first-order valence-corrected chi connectivity index (χ1v) is 8.93. The minimum atomic E-state index is -1.23. The standard InChI is InChI=1S/C20H22ClNO5/c1-5-16-14-10-17(24-2)18(25-3)11-15(14)20(27-16,22-19(23)26-4)12-6-8-13(21)9-7-12/h6-11,16H,5H2,1-4H3,(H,22,23). The highest BCUT2D eigenvalue weighted by Gasteiger charge is 2.48. The number of carbonyl (C=O) groups excluding carboxylic acids is 1. The zero-order chi connectivity index (χ0) is 19.6. The lowest BCUT2D eigenvalue weighted by atomic mass is 9.91. The first-order chi connectivity index (χ1) is 13.0. The van der Waals surface area contributed by atoms with Crippen molar-refractivity contribution in [2.45, 2.75) is 25.2 Å². The summed E-state index contributed by atoms with van der Waals surface area (Å²) >= 11 is 6.05. The molecule has 0 spiro atoms. The van der Waals surface area contributed by atoms with Crippen LogP contribution in [0.4, 0.5) is 4.79 Å². The van der Waals surface area contributed by atoms with Crippen LogP contribution in [0.1, 0.15) is 36.1 Å². The smallest absolute Gasteiger partial charge is 0.409 e. The Hall–Kier alpha value is -2.44. The molecule has 0 aliphatic carbocycles. The molecule has 0 aromatic heterocycles. The van der Waals surface area contributed by atoms with E-state index in [0.29, 0.717) is 22.9 Å². The Morgan fingerprint density at radius 3 is 2.33 bits per heavy atom. The average Bonchev–Trinajstić information content (AvgIpc) is 3.00. The lowest BCUT2D eigenvalue weighted by Crippen LogP contribution is -2.46. The molecule has 0 saturated carbocycles. The molecule has 1 amide bonds. The number of amides is 1. The molecular formula is C20H22ClNO5. The second-order valence-electron chi connectivity index (χ2n) is 6.11. The fraction of sp³-hybridized carbons (Fsp3) is 0.350. The molecule has 0 saturated heterocycles. The van der Waals surface area contributed by atoms with Gasteiger partial charge >= 0.3 is 6.09 Å². The molecule has 1 heterocycles. The molecule has 27 heavy (non-hydrogen) atoms. The number of hydrogen-bond donors (Lipinski definition) is 1. The van der Waals surface area contributed by atoms with Crippen molar-refractivity contribution in [1.82, 2.24) is 5.32 Å². The van der Waals surface area contributed by atoms with E-state index in [1.165, 1.54) is 7.11 Å². The van der Waals surface area contributed by atoms with Crippen LogP contribution in [0.3, 0.4) is 0 Å². The van der Waals surface area contributed by atoms with Gasteiger partial charge in [-0.15, -0.1) is 0 Å². The van der Waals surface area contributed by atoms with E-state index in [4.69, 9.17) is 30.5 Å². The number of methoxy groups -OCH3 is 3. The molecule has 2 aromatic carbocycles. The van der Waals surface area contributed by atoms with Gasteiger partial charge in [0.1, 0.15) is 0 Å². The molecule has 7 heteroatoms. The Morgan fingerprint density at radius 1 is 1.15 bits per heavy atom. The predicted molar refractivity (Wildman–Crippen MR) is 101 cm³/mol. The van der Waals surface area contributed by atoms with Crippen LogP contribution >= 0.6 is 11.6 Å². The Bertz CT molecular complexity index is 839. The zero-order valence-electron chi connectivity index (χ0n) is 15.7. The van der Waals surface area contributed by atoms with Gasteiger partial charge in [-0.05, 0) is 36.2 Å². The van der Waals surface area contributed by atoms with Gasteiger partial charge in [-0.2, -0.15) is 0 Å². The van der Waals surface area contributed by atoms with Gasteiger partial charge in [0.05, 0.1) is 27.4 Å². The molecule has 2 aromatic rings. The van der Waals surface area contributed by atoms with Crippen molar-refractivity contribution in [3.8, 4) is 11.5 Å². The van der Waals surface area contributed by atoms with Crippen molar-refractivity contribution in [2.75, 3.05) is 21.3 Å². The summed E-state index contributed by atoms with van der Waals surface area (Å²) < 4.78 is 22.2. The molecule has 2 unspecified atom stereocenters. The van der Waals surface area contributed by atoms with Gasteiger partial charge in [-0.25, -0.2) is 4.79 Å². The van der Waals surface area contributed by atoms with E-state index in [9.17, 15) is 4.79 Å². The highest BCUT2D eigenvalue weighted by molar-refractivity contribution is 6.30. The van der Waals surface area contributed by atoms with E-state index in [0.717, 1.165) is 16.7 Å². The molecule has 0 bridgehead atoms. The van der Waals surface area contributed by atoms with Gasteiger partial charge in [0.25, 0.3) is 0 Å². The number of halogens is 1. The van der Waals surface area contributed by atoms with Gasteiger partial charge in [0, 0.05) is 16.1 Å². The monoisotopic (exact) mass is 391 g/mol. The maximum Gasteiger partial charge on any atom is 0.409 e. The molecule has 1 N–H and O–H groups in total. The number of carbonyl (C=O) groups is 1. The van der Waals surface area contributed by atoms with E-state index in [1.807, 2.05) is 31.2 Å². The van der Waals surface area contributed by atoms with E-state index >= 15 is 0 Å². The van der Waals surface area contributed by atoms with Crippen molar-refractivity contribution >= 4 is 17.7 Å². The SMILES string of the molecule is CCC1OC(NC(=O)OC)(c2ccc(Cl)cc2)c2cc(OC)c(OC)cc21. The molecule has 2 atom stereocenters. The number of ether oxygens (including phenoxy) is 4. The summed E-state index contributed by atoms with van der Waals surface area (Å²) in [6.07, 6.45) is -0.143. The second-order valence-corrected chi connectivity index (χ2v) is 6.55. The van der Waals surface area contributed by atoms with Crippen LogP contribution < -0.4 is 14.8 Å². The van der Waals surface area contributed by atoms with Crippen LogP contribution in [0.25, 0.3) is 0 Å². The number of fused-ring (bicyclic) bond motifs is 1. The van der Waals surface area contributed by atoms with Crippen LogP contribution in [0.15, 0.2) is 36.4 Å². The van der Waals surface area contributed by atoms with Crippen LogP contribution in [0.2, 0.25) is 5.02 Å². The van der Waals surface area contributed by atoms with Gasteiger partial charge < -0.3 is 18.9 Å². The third kappa shape index (κ3) is 3.31. The quantitative estimate of drug-likeness (QED) is 0.818. The molecule has 144 valence electrons. The van der Waals surface area contributed by atoms with Gasteiger partial charge in [-0.1, -0.05) is 30.7 Å². The van der Waals surface area contributed by atoms with Crippen LogP contribution in [0, 0.1) is 0 Å². The molecular weight excluding hydrogens is 370 g/mol. The first-order valence-electron chi connectivity index (χ1n) is 8.55. The van der Waals surface area contributed by atoms with Crippen molar-refractivity contribution in [3.63, 3.8) is 0 Å². The Balaban J connectivity index is 2.26. The van der Waals surface area contributed by atoms with Crippen LogP contribution in [0.5, 0.6) is 11.5 Å². The molecule has 6 nitrogen and oxygen atoms in total. The summed E-state index contributed by atoms with van der Waals surface area (Å²) in [5, 5.41) is 3.45. The second kappa shape index (κ2) is 7.66. The third-order valence-electron chi connectivity index (χ3n) is 4.69. The molecule has 3 rings (SSSR count). The van der Waals surface area contributed by atoms with Gasteiger partial charge in [0.15, 0.2) is 17.2 Å². The summed E-state index contributed by atoms with van der Waals surface area (Å²) in [4.78, 5) is 12.2. The summed E-state index contributed by atoms with van der Waals surface area (Å²) in [7, 11) is 4.46. The summed E-state index contributed by atoms with van der Waals surface area (Å²) in [5.41, 5.74) is 1.18. The van der Waals surface area contributed by atoms with Crippen molar-refractivity contribution in [1.29, 1.82) is 0 Å². The fourth-order valence-electron chi connectivity index (χ4n) is 3.38. The van der Waals surface area contributed by atoms with E-state index in [1.54, 1.807) is 26.4 Å². The topological polar surface area (TPSA) is 66.0 Å². The maximum atomic E-state index is 12.2. The van der Waals surface area contributed by atoms with Crippen molar-refractivity contribution in [2.24, 2.45) is 0 Å². The number of benzene rings is 2. The van der Waals surface area contributed by atoms with E-state index < -0.39 is 11.8 Å². The Labute approximate surface area is 163 Å². The minimum absolute atomic E-state index is 0.243. The Morgan fingerprint density at radius 2 is 1.78 bits per heavy atom. The third-order valence-corrected chi connectivity index (χ3v) is 4.94. The molecule has 1 aliphatic rings. The average molecular weight is 392 g/mol. The normalized spacial score (nSPS) is 20.7.